The molecule has 56 heavy (non-hydrogen) atoms. The molecule has 3 aromatic carbocycles. The van der Waals surface area contributed by atoms with Gasteiger partial charge in [-0.1, -0.05) is 74.5 Å². The summed E-state index contributed by atoms with van der Waals surface area (Å²) in [6.45, 7) is 8.96. The molecule has 2 aromatic heterocycles. The van der Waals surface area contributed by atoms with E-state index < -0.39 is 11.9 Å². The third-order valence-corrected chi connectivity index (χ3v) is 11.5. The van der Waals surface area contributed by atoms with E-state index in [1.54, 1.807) is 18.5 Å². The fourth-order valence-corrected chi connectivity index (χ4v) is 8.33. The molecule has 2 aliphatic heterocycles. The second-order valence-electron chi connectivity index (χ2n) is 14.7. The van der Waals surface area contributed by atoms with E-state index in [4.69, 9.17) is 4.74 Å². The van der Waals surface area contributed by atoms with Crippen molar-refractivity contribution in [2.45, 2.75) is 76.9 Å². The van der Waals surface area contributed by atoms with Gasteiger partial charge in [0.25, 0.3) is 0 Å². The van der Waals surface area contributed by atoms with E-state index in [1.165, 1.54) is 13.2 Å². The molecule has 0 bridgehead atoms. The number of likely N-dealkylation sites (N-methyl/N-ethyl adjacent to an activating group) is 1. The Morgan fingerprint density at radius 3 is 1.98 bits per heavy atom. The van der Waals surface area contributed by atoms with Gasteiger partial charge >= 0.3 is 5.97 Å². The summed E-state index contributed by atoms with van der Waals surface area (Å²) in [6.07, 6.45) is 6.69. The third kappa shape index (κ3) is 7.88. The summed E-state index contributed by atoms with van der Waals surface area (Å²) >= 11 is 0. The Labute approximate surface area is 327 Å². The molecule has 4 atom stereocenters. The number of hydrogen-bond donors (Lipinski definition) is 2. The zero-order valence-corrected chi connectivity index (χ0v) is 32.5. The van der Waals surface area contributed by atoms with Crippen molar-refractivity contribution in [3.63, 3.8) is 0 Å². The molecule has 4 heterocycles. The van der Waals surface area contributed by atoms with E-state index in [9.17, 15) is 14.4 Å². The van der Waals surface area contributed by atoms with Gasteiger partial charge < -0.3 is 24.5 Å². The van der Waals surface area contributed by atoms with Gasteiger partial charge in [0.05, 0.1) is 61.4 Å². The smallest absolute Gasteiger partial charge is 0.306 e. The highest BCUT2D eigenvalue weighted by Gasteiger charge is 2.38. The average molecular weight is 760 g/mol. The number of nitrogens with zero attached hydrogens (tertiary/aromatic N) is 5. The van der Waals surface area contributed by atoms with Gasteiger partial charge in [0, 0.05) is 18.7 Å². The Morgan fingerprint density at radius 1 is 0.804 bits per heavy atom. The monoisotopic (exact) mass is 759 g/mol. The number of methoxy groups -OCH3 is 1. The fourth-order valence-electron chi connectivity index (χ4n) is 8.33. The summed E-state index contributed by atoms with van der Waals surface area (Å²) in [7, 11) is 1.33. The molecule has 0 unspecified atom stereocenters. The van der Waals surface area contributed by atoms with Crippen LogP contribution in [0.2, 0.25) is 0 Å². The van der Waals surface area contributed by atoms with Gasteiger partial charge in [-0.15, -0.1) is 0 Å². The standard InChI is InChI=1S/C44H50FN7O4/c1-5-50(6-2)28(3)43(54)51-22-10-14-38(51)42-47-27-37(49-42)33-21-20-32(24-35(33)45)29-16-18-31(19-17-29)36-26-46-41(48-36)39-15-11-23-52(39)44(55)34(25-40(53)56-4)30-12-8-7-9-13-30/h7-9,12-13,16-21,24,26-28,34,38-39H,5-6,10-11,14-15,22-23,25H2,1-4H3,(H,46,48)(H,47,49)/t28-,34-,38+,39+/m1/s1. The summed E-state index contributed by atoms with van der Waals surface area (Å²) in [5, 5.41) is 0. The number of imidazole rings is 2. The molecule has 0 aliphatic carbocycles. The van der Waals surface area contributed by atoms with Crippen LogP contribution in [-0.4, -0.2) is 91.7 Å². The highest BCUT2D eigenvalue weighted by Crippen LogP contribution is 2.37. The number of carbonyl (C=O) groups excluding carboxylic acids is 3. The Kier molecular flexibility index (Phi) is 11.8. The summed E-state index contributed by atoms with van der Waals surface area (Å²) in [4.78, 5) is 61.6. The van der Waals surface area contributed by atoms with Crippen LogP contribution >= 0.6 is 0 Å². The van der Waals surface area contributed by atoms with E-state index >= 15 is 4.39 Å². The molecule has 0 saturated carbocycles. The van der Waals surface area contributed by atoms with Crippen LogP contribution in [0.5, 0.6) is 0 Å². The van der Waals surface area contributed by atoms with Crippen LogP contribution in [0.1, 0.15) is 88.1 Å². The second-order valence-corrected chi connectivity index (χ2v) is 14.7. The number of halogens is 1. The van der Waals surface area contributed by atoms with Crippen molar-refractivity contribution in [1.82, 2.24) is 34.6 Å². The molecule has 5 aromatic rings. The van der Waals surface area contributed by atoms with Crippen molar-refractivity contribution in [2.24, 2.45) is 0 Å². The highest BCUT2D eigenvalue weighted by atomic mass is 19.1. The van der Waals surface area contributed by atoms with Gasteiger partial charge in [0.2, 0.25) is 11.8 Å². The van der Waals surface area contributed by atoms with Gasteiger partial charge in [-0.25, -0.2) is 14.4 Å². The molecule has 2 saturated heterocycles. The Balaban J connectivity index is 1.03. The molecule has 11 nitrogen and oxygen atoms in total. The summed E-state index contributed by atoms with van der Waals surface area (Å²) in [6, 6.07) is 21.8. The minimum Gasteiger partial charge on any atom is -0.469 e. The first-order valence-corrected chi connectivity index (χ1v) is 19.7. The van der Waals surface area contributed by atoms with E-state index in [-0.39, 0.29) is 42.2 Å². The number of aromatic amines is 2. The number of rotatable bonds is 13. The predicted molar refractivity (Wildman–Crippen MR) is 213 cm³/mol. The van der Waals surface area contributed by atoms with Crippen LogP contribution in [-0.2, 0) is 19.1 Å². The molecule has 2 amide bonds. The lowest BCUT2D eigenvalue weighted by Gasteiger charge is -2.31. The second kappa shape index (κ2) is 17.0. The van der Waals surface area contributed by atoms with E-state index in [2.05, 4.69) is 38.7 Å². The topological polar surface area (TPSA) is 128 Å². The molecule has 2 N–H and O–H groups in total. The molecular formula is C44H50FN7O4. The van der Waals surface area contributed by atoms with Crippen LogP contribution in [0, 0.1) is 5.82 Å². The van der Waals surface area contributed by atoms with E-state index in [0.29, 0.717) is 36.0 Å². The quantitative estimate of drug-likeness (QED) is 0.118. The van der Waals surface area contributed by atoms with E-state index in [1.807, 2.05) is 77.4 Å². The lowest BCUT2D eigenvalue weighted by molar-refractivity contribution is -0.145. The van der Waals surface area contributed by atoms with Gasteiger partial charge in [-0.2, -0.15) is 0 Å². The van der Waals surface area contributed by atoms with Crippen LogP contribution in [0.25, 0.3) is 33.6 Å². The minimum absolute atomic E-state index is 0.0332. The first-order valence-electron chi connectivity index (χ1n) is 19.7. The number of aromatic nitrogens is 4. The molecule has 2 fully saturated rings. The summed E-state index contributed by atoms with van der Waals surface area (Å²) < 4.78 is 20.6. The van der Waals surface area contributed by atoms with Crippen molar-refractivity contribution in [2.75, 3.05) is 33.3 Å². The van der Waals surface area contributed by atoms with Crippen molar-refractivity contribution < 1.29 is 23.5 Å². The number of ether oxygens (including phenoxy) is 1. The minimum atomic E-state index is -0.645. The Morgan fingerprint density at radius 2 is 1.38 bits per heavy atom. The zero-order chi connectivity index (χ0) is 39.3. The number of carbonyl (C=O) groups is 3. The summed E-state index contributed by atoms with van der Waals surface area (Å²) in [5.41, 5.74) is 5.08. The van der Waals surface area contributed by atoms with Crippen LogP contribution in [0.15, 0.2) is 85.2 Å². The number of hydrogen-bond acceptors (Lipinski definition) is 7. The number of esters is 1. The van der Waals surface area contributed by atoms with Crippen molar-refractivity contribution in [1.29, 1.82) is 0 Å². The van der Waals surface area contributed by atoms with Gasteiger partial charge in [0.1, 0.15) is 17.5 Å². The van der Waals surface area contributed by atoms with E-state index in [0.717, 1.165) is 66.7 Å². The zero-order valence-electron chi connectivity index (χ0n) is 32.5. The van der Waals surface area contributed by atoms with Crippen molar-refractivity contribution in [3.8, 4) is 33.6 Å². The van der Waals surface area contributed by atoms with Gasteiger partial charge in [0.15, 0.2) is 0 Å². The largest absolute Gasteiger partial charge is 0.469 e. The molecule has 0 radical (unpaired) electrons. The first kappa shape index (κ1) is 38.6. The lowest BCUT2D eigenvalue weighted by atomic mass is 9.94. The highest BCUT2D eigenvalue weighted by molar-refractivity contribution is 5.89. The molecule has 7 rings (SSSR count). The maximum absolute atomic E-state index is 15.7. The predicted octanol–water partition coefficient (Wildman–Crippen LogP) is 7.68. The Bertz CT molecular complexity index is 2150. The molecule has 292 valence electrons. The lowest BCUT2D eigenvalue weighted by Crippen LogP contribution is -2.46. The number of likely N-dealkylation sites (tertiary alicyclic amines) is 2. The fraction of sp³-hybridized carbons (Fsp3) is 0.386. The molecule has 0 spiro atoms. The first-order chi connectivity index (χ1) is 27.2. The summed E-state index contributed by atoms with van der Waals surface area (Å²) in [5.74, 6) is -0.0896. The van der Waals surface area contributed by atoms with Crippen molar-refractivity contribution in [3.05, 3.63) is 108 Å². The van der Waals surface area contributed by atoms with Crippen LogP contribution < -0.4 is 0 Å². The third-order valence-electron chi connectivity index (χ3n) is 11.5. The number of amides is 2. The van der Waals surface area contributed by atoms with Crippen molar-refractivity contribution >= 4 is 17.8 Å². The molecular weight excluding hydrogens is 710 g/mol. The molecule has 12 heteroatoms. The normalized spacial score (nSPS) is 18.0. The van der Waals surface area contributed by atoms with Gasteiger partial charge in [-0.3, -0.25) is 19.3 Å². The Hall–Kier alpha value is -5.62. The van der Waals surface area contributed by atoms with Gasteiger partial charge in [-0.05, 0) is 80.1 Å². The van der Waals surface area contributed by atoms with Crippen LogP contribution in [0.4, 0.5) is 4.39 Å². The SMILES string of the molecule is CCN(CC)[C@H](C)C(=O)N1CCC[C@H]1c1ncc(-c2ccc(-c3ccc(-c4cnc([C@@H]5CCCN5C(=O)[C@H](CC(=O)OC)c5ccccc5)[nH]4)cc3)cc2F)[nH]1. The number of H-pyrrole nitrogens is 2. The van der Waals surface area contributed by atoms with Crippen LogP contribution in [0.3, 0.4) is 0 Å². The maximum atomic E-state index is 15.7. The average Bonchev–Trinajstić information content (AvgIpc) is 4.07. The number of benzene rings is 3. The molecule has 2 aliphatic rings. The maximum Gasteiger partial charge on any atom is 0.306 e. The number of nitrogens with one attached hydrogen (secondary N) is 2.